The number of amides is 1. The fourth-order valence-electron chi connectivity index (χ4n) is 5.71. The molecule has 34 heavy (non-hydrogen) atoms. The van der Waals surface area contributed by atoms with Gasteiger partial charge in [-0.15, -0.1) is 0 Å². The van der Waals surface area contributed by atoms with Crippen molar-refractivity contribution in [1.29, 1.82) is 0 Å². The van der Waals surface area contributed by atoms with E-state index in [0.29, 0.717) is 32.4 Å². The molecule has 178 valence electrons. The maximum Gasteiger partial charge on any atom is 0.306 e. The molecule has 2 atom stereocenters. The predicted molar refractivity (Wildman–Crippen MR) is 131 cm³/mol. The van der Waals surface area contributed by atoms with E-state index in [9.17, 15) is 14.7 Å². The van der Waals surface area contributed by atoms with E-state index in [1.807, 2.05) is 29.4 Å². The van der Waals surface area contributed by atoms with Crippen molar-refractivity contribution < 1.29 is 14.7 Å². The molecule has 0 radical (unpaired) electrons. The van der Waals surface area contributed by atoms with Gasteiger partial charge in [-0.25, -0.2) is 0 Å². The van der Waals surface area contributed by atoms with Crippen LogP contribution in [0.2, 0.25) is 5.02 Å². The lowest BCUT2D eigenvalue weighted by molar-refractivity contribution is -0.143. The zero-order valence-electron chi connectivity index (χ0n) is 19.1. The van der Waals surface area contributed by atoms with E-state index in [1.165, 1.54) is 11.1 Å². The highest BCUT2D eigenvalue weighted by Gasteiger charge is 2.37. The van der Waals surface area contributed by atoms with Gasteiger partial charge in [0.1, 0.15) is 6.17 Å². The Morgan fingerprint density at radius 3 is 2.62 bits per heavy atom. The number of carbonyl (C=O) groups is 2. The van der Waals surface area contributed by atoms with E-state index in [-0.39, 0.29) is 29.8 Å². The molecule has 2 aliphatic heterocycles. The standard InChI is InChI=1S/C27H30ClN3O3/c28-22-7-3-17(4-8-22)11-19-12-24-23-9-10-29-14-21(23)15-30-26(24)31(16-19)25(32)13-18-1-5-20(6-2-18)27(33)34/h3-4,7-10,12,14,18-20,26,30H,1-2,5-6,11,13,15-16H2,(H,33,34). The Labute approximate surface area is 205 Å². The number of aliphatic carboxylic acids is 1. The van der Waals surface area contributed by atoms with Gasteiger partial charge < -0.3 is 10.0 Å². The molecule has 7 heteroatoms. The summed E-state index contributed by atoms with van der Waals surface area (Å²) in [4.78, 5) is 31.2. The number of nitrogens with one attached hydrogen (secondary N) is 1. The first-order chi connectivity index (χ1) is 16.5. The molecule has 1 fully saturated rings. The van der Waals surface area contributed by atoms with Gasteiger partial charge in [-0.2, -0.15) is 0 Å². The number of carboxylic acid groups (broad SMARTS) is 1. The number of pyridine rings is 1. The number of carboxylic acids is 1. The third kappa shape index (κ3) is 4.89. The topological polar surface area (TPSA) is 82.5 Å². The van der Waals surface area contributed by atoms with Crippen LogP contribution in [0.5, 0.6) is 0 Å². The van der Waals surface area contributed by atoms with E-state index in [0.717, 1.165) is 35.4 Å². The van der Waals surface area contributed by atoms with Crippen LogP contribution in [0.15, 0.2) is 48.8 Å². The van der Waals surface area contributed by atoms with Gasteiger partial charge in [0.15, 0.2) is 0 Å². The monoisotopic (exact) mass is 479 g/mol. The first kappa shape index (κ1) is 23.1. The van der Waals surface area contributed by atoms with Crippen molar-refractivity contribution in [2.45, 2.75) is 51.2 Å². The van der Waals surface area contributed by atoms with Crippen molar-refractivity contribution in [3.05, 3.63) is 70.5 Å². The van der Waals surface area contributed by atoms with Crippen LogP contribution in [0, 0.1) is 17.8 Å². The summed E-state index contributed by atoms with van der Waals surface area (Å²) in [6, 6.07) is 9.98. The average Bonchev–Trinajstić information content (AvgIpc) is 2.85. The highest BCUT2D eigenvalue weighted by molar-refractivity contribution is 6.30. The molecule has 2 aromatic rings. The minimum absolute atomic E-state index is 0.140. The van der Waals surface area contributed by atoms with E-state index < -0.39 is 5.97 Å². The lowest BCUT2D eigenvalue weighted by Gasteiger charge is -2.43. The minimum atomic E-state index is -0.708. The van der Waals surface area contributed by atoms with E-state index in [2.05, 4.69) is 34.6 Å². The van der Waals surface area contributed by atoms with Gasteiger partial charge in [0, 0.05) is 36.9 Å². The van der Waals surface area contributed by atoms with Crippen molar-refractivity contribution in [3.8, 4) is 0 Å². The maximum atomic E-state index is 13.6. The zero-order chi connectivity index (χ0) is 23.7. The second-order valence-electron chi connectivity index (χ2n) is 9.84. The summed E-state index contributed by atoms with van der Waals surface area (Å²) in [6.45, 7) is 1.34. The first-order valence-electron chi connectivity index (χ1n) is 12.1. The van der Waals surface area contributed by atoms with Crippen LogP contribution < -0.4 is 5.32 Å². The smallest absolute Gasteiger partial charge is 0.306 e. The second-order valence-corrected chi connectivity index (χ2v) is 10.3. The summed E-state index contributed by atoms with van der Waals surface area (Å²) < 4.78 is 0. The fraction of sp³-hybridized carbons (Fsp3) is 0.444. The lowest BCUT2D eigenvalue weighted by Crippen LogP contribution is -2.55. The molecule has 3 aliphatic rings. The molecule has 3 heterocycles. The maximum absolute atomic E-state index is 13.6. The summed E-state index contributed by atoms with van der Waals surface area (Å²) in [7, 11) is 0. The molecule has 1 aliphatic carbocycles. The molecule has 0 bridgehead atoms. The number of hydrogen-bond donors (Lipinski definition) is 2. The highest BCUT2D eigenvalue weighted by atomic mass is 35.5. The Morgan fingerprint density at radius 2 is 1.88 bits per heavy atom. The summed E-state index contributed by atoms with van der Waals surface area (Å²) in [5.41, 5.74) is 4.66. The van der Waals surface area contributed by atoms with Crippen LogP contribution >= 0.6 is 11.6 Å². The van der Waals surface area contributed by atoms with Crippen molar-refractivity contribution in [3.63, 3.8) is 0 Å². The van der Waals surface area contributed by atoms with Gasteiger partial charge in [-0.05, 0) is 84.4 Å². The van der Waals surface area contributed by atoms with Crippen molar-refractivity contribution in [2.75, 3.05) is 6.54 Å². The number of rotatable bonds is 5. The van der Waals surface area contributed by atoms with E-state index >= 15 is 0 Å². The average molecular weight is 480 g/mol. The molecular weight excluding hydrogens is 450 g/mol. The number of carbonyl (C=O) groups excluding carboxylic acids is 1. The molecule has 0 spiro atoms. The summed E-state index contributed by atoms with van der Waals surface area (Å²) in [5, 5.41) is 13.6. The zero-order valence-corrected chi connectivity index (χ0v) is 19.9. The summed E-state index contributed by atoms with van der Waals surface area (Å²) in [6.07, 6.45) is 10.2. The Morgan fingerprint density at radius 1 is 1.12 bits per heavy atom. The second kappa shape index (κ2) is 9.88. The molecular formula is C27H30ClN3O3. The van der Waals surface area contributed by atoms with E-state index in [4.69, 9.17) is 11.6 Å². The highest BCUT2D eigenvalue weighted by Crippen LogP contribution is 2.37. The molecule has 5 rings (SSSR count). The SMILES string of the molecule is O=C(O)C1CCC(CC(=O)N2CC(Cc3ccc(Cl)cc3)C=C3c4ccncc4CNC32)CC1. The predicted octanol–water partition coefficient (Wildman–Crippen LogP) is 4.53. The number of halogens is 1. The number of hydrogen-bond acceptors (Lipinski definition) is 4. The van der Waals surface area contributed by atoms with Crippen LogP contribution in [0.3, 0.4) is 0 Å². The fourth-order valence-corrected chi connectivity index (χ4v) is 5.83. The van der Waals surface area contributed by atoms with Crippen LogP contribution in [-0.4, -0.2) is 39.6 Å². The van der Waals surface area contributed by atoms with Crippen LogP contribution in [-0.2, 0) is 22.6 Å². The lowest BCUT2D eigenvalue weighted by atomic mass is 9.80. The normalized spacial score (nSPS) is 26.3. The minimum Gasteiger partial charge on any atom is -0.481 e. The Hall–Kier alpha value is -2.70. The molecule has 1 aromatic heterocycles. The Balaban J connectivity index is 1.36. The molecule has 2 unspecified atom stereocenters. The number of aromatic nitrogens is 1. The number of nitrogens with zero attached hydrogens (tertiary/aromatic N) is 2. The Bertz CT molecular complexity index is 1090. The third-order valence-electron chi connectivity index (χ3n) is 7.54. The first-order valence-corrected chi connectivity index (χ1v) is 12.5. The van der Waals surface area contributed by atoms with E-state index in [1.54, 1.807) is 0 Å². The number of fused-ring (bicyclic) bond motifs is 3. The summed E-state index contributed by atoms with van der Waals surface area (Å²) in [5.74, 6) is -0.363. The van der Waals surface area contributed by atoms with Crippen molar-refractivity contribution >= 4 is 29.1 Å². The molecule has 6 nitrogen and oxygen atoms in total. The molecule has 0 saturated heterocycles. The van der Waals surface area contributed by atoms with Crippen molar-refractivity contribution in [1.82, 2.24) is 15.2 Å². The van der Waals surface area contributed by atoms with Crippen LogP contribution in [0.4, 0.5) is 0 Å². The van der Waals surface area contributed by atoms with Gasteiger partial charge in [-0.3, -0.25) is 19.9 Å². The molecule has 1 saturated carbocycles. The Kier molecular flexibility index (Phi) is 6.70. The third-order valence-corrected chi connectivity index (χ3v) is 7.80. The summed E-state index contributed by atoms with van der Waals surface area (Å²) >= 11 is 6.07. The largest absolute Gasteiger partial charge is 0.481 e. The van der Waals surface area contributed by atoms with Crippen LogP contribution in [0.25, 0.3) is 5.57 Å². The van der Waals surface area contributed by atoms with Gasteiger partial charge in [0.2, 0.25) is 5.91 Å². The molecule has 1 aromatic carbocycles. The van der Waals surface area contributed by atoms with Crippen LogP contribution in [0.1, 0.15) is 48.8 Å². The van der Waals surface area contributed by atoms with Gasteiger partial charge in [0.05, 0.1) is 5.92 Å². The number of benzene rings is 1. The molecule has 1 amide bonds. The quantitative estimate of drug-likeness (QED) is 0.658. The molecule has 2 N–H and O–H groups in total. The van der Waals surface area contributed by atoms with Crippen molar-refractivity contribution in [2.24, 2.45) is 17.8 Å². The van der Waals surface area contributed by atoms with Gasteiger partial charge in [-0.1, -0.05) is 29.8 Å². The van der Waals surface area contributed by atoms with Gasteiger partial charge >= 0.3 is 5.97 Å². The van der Waals surface area contributed by atoms with Gasteiger partial charge in [0.25, 0.3) is 0 Å².